The SMILES string of the molecule is CCCCCCc1ccc2c3nc(cc4[nH]c(cc5[nH]c(cc6nc2c1C6(CC)CC)c(CC)c5CC)c(CC)c4CC)C(CC)=C3CC. The predicted molar refractivity (Wildman–Crippen MR) is 213 cm³/mol. The fraction of sp³-hybridized carbons (Fsp3) is 0.511. The van der Waals surface area contributed by atoms with Gasteiger partial charge < -0.3 is 9.97 Å². The number of aromatic amines is 2. The highest BCUT2D eigenvalue weighted by Gasteiger charge is 2.40. The van der Waals surface area contributed by atoms with E-state index in [-0.39, 0.29) is 5.41 Å². The Hall–Kier alpha value is -3.66. The van der Waals surface area contributed by atoms with Crippen LogP contribution in [-0.2, 0) is 37.5 Å². The third-order valence-electron chi connectivity index (χ3n) is 12.0. The highest BCUT2D eigenvalue weighted by Crippen LogP contribution is 2.48. The van der Waals surface area contributed by atoms with Gasteiger partial charge in [-0.25, -0.2) is 4.98 Å². The number of fused-ring (bicyclic) bond motifs is 8. The molecule has 4 aromatic rings. The Morgan fingerprint density at radius 2 is 1.14 bits per heavy atom. The number of hydrogen-bond donors (Lipinski definition) is 2. The van der Waals surface area contributed by atoms with Gasteiger partial charge in [0.05, 0.1) is 22.6 Å². The number of allylic oxidation sites excluding steroid dienone is 2. The van der Waals surface area contributed by atoms with Gasteiger partial charge in [0, 0.05) is 32.9 Å². The maximum Gasteiger partial charge on any atom is 0.0771 e. The fourth-order valence-corrected chi connectivity index (χ4v) is 9.36. The number of aryl methyl sites for hydroxylation is 5. The first kappa shape index (κ1) is 35.2. The highest BCUT2D eigenvalue weighted by molar-refractivity contribution is 6.02. The van der Waals surface area contributed by atoms with E-state index in [1.807, 2.05) is 0 Å². The first-order valence-electron chi connectivity index (χ1n) is 19.8. The van der Waals surface area contributed by atoms with E-state index in [4.69, 9.17) is 9.97 Å². The summed E-state index contributed by atoms with van der Waals surface area (Å²) in [7, 11) is 0. The Morgan fingerprint density at radius 1 is 0.571 bits per heavy atom. The van der Waals surface area contributed by atoms with E-state index in [0.29, 0.717) is 0 Å². The summed E-state index contributed by atoms with van der Waals surface area (Å²) in [6, 6.07) is 12.0. The predicted octanol–water partition coefficient (Wildman–Crippen LogP) is 12.7. The van der Waals surface area contributed by atoms with Crippen LogP contribution in [0, 0.1) is 0 Å². The molecule has 0 saturated heterocycles. The molecule has 2 N–H and O–H groups in total. The van der Waals surface area contributed by atoms with E-state index >= 15 is 0 Å². The van der Waals surface area contributed by atoms with E-state index in [9.17, 15) is 0 Å². The molecule has 6 rings (SSSR count). The van der Waals surface area contributed by atoms with Crippen LogP contribution in [0.15, 0.2) is 30.3 Å². The molecule has 49 heavy (non-hydrogen) atoms. The molecular weight excluding hydrogens is 597 g/mol. The minimum Gasteiger partial charge on any atom is -0.355 e. The summed E-state index contributed by atoms with van der Waals surface area (Å²) in [4.78, 5) is 19.2. The molecule has 0 fully saturated rings. The Morgan fingerprint density at radius 3 is 1.67 bits per heavy atom. The second-order valence-electron chi connectivity index (χ2n) is 14.3. The summed E-state index contributed by atoms with van der Waals surface area (Å²) in [6.45, 7) is 20.8. The van der Waals surface area contributed by atoms with Gasteiger partial charge in [-0.1, -0.05) is 93.7 Å². The molecule has 0 aliphatic carbocycles. The molecule has 3 aromatic heterocycles. The smallest absolute Gasteiger partial charge is 0.0771 e. The van der Waals surface area contributed by atoms with E-state index < -0.39 is 0 Å². The molecule has 0 saturated carbocycles. The third-order valence-corrected chi connectivity index (χ3v) is 12.0. The van der Waals surface area contributed by atoms with Crippen molar-refractivity contribution in [1.29, 1.82) is 0 Å². The maximum absolute atomic E-state index is 5.73. The molecule has 1 aromatic carbocycles. The summed E-state index contributed by atoms with van der Waals surface area (Å²) < 4.78 is 0. The maximum atomic E-state index is 5.73. The lowest BCUT2D eigenvalue weighted by molar-refractivity contribution is 0.477. The second kappa shape index (κ2) is 14.7. The monoisotopic (exact) mass is 656 g/mol. The Kier molecular flexibility index (Phi) is 10.5. The van der Waals surface area contributed by atoms with Crippen LogP contribution < -0.4 is 0 Å². The minimum atomic E-state index is -0.132. The van der Waals surface area contributed by atoms with Gasteiger partial charge in [-0.2, -0.15) is 0 Å². The number of unbranched alkanes of at least 4 members (excludes halogenated alkanes) is 3. The molecule has 0 atom stereocenters. The molecular formula is C45H60N4. The quantitative estimate of drug-likeness (QED) is 0.141. The number of nitrogens with zero attached hydrogens (tertiary/aromatic N) is 2. The Bertz CT molecular complexity index is 2050. The van der Waals surface area contributed by atoms with Crippen LogP contribution in [0.3, 0.4) is 0 Å². The van der Waals surface area contributed by atoms with E-state index in [0.717, 1.165) is 69.2 Å². The zero-order valence-electron chi connectivity index (χ0n) is 32.0. The van der Waals surface area contributed by atoms with Crippen molar-refractivity contribution in [2.45, 2.75) is 151 Å². The third kappa shape index (κ3) is 5.77. The van der Waals surface area contributed by atoms with Crippen LogP contribution in [-0.4, -0.2) is 19.9 Å². The van der Waals surface area contributed by atoms with Gasteiger partial charge in [0.15, 0.2) is 0 Å². The lowest BCUT2D eigenvalue weighted by Crippen LogP contribution is -2.25. The molecule has 2 aliphatic rings. The van der Waals surface area contributed by atoms with Crippen LogP contribution in [0.25, 0.3) is 44.1 Å². The largest absolute Gasteiger partial charge is 0.355 e. The molecule has 4 heteroatoms. The normalized spacial score (nSPS) is 14.1. The van der Waals surface area contributed by atoms with Gasteiger partial charge in [0.1, 0.15) is 0 Å². The number of rotatable bonds is 13. The average Bonchev–Trinajstić information content (AvgIpc) is 3.84. The van der Waals surface area contributed by atoms with Crippen LogP contribution in [0.4, 0.5) is 0 Å². The Labute approximate surface area is 295 Å². The van der Waals surface area contributed by atoms with Crippen molar-refractivity contribution in [1.82, 2.24) is 19.9 Å². The molecule has 2 aliphatic heterocycles. The van der Waals surface area contributed by atoms with Gasteiger partial charge in [0.2, 0.25) is 0 Å². The number of aromatic nitrogens is 4. The number of H-pyrrole nitrogens is 2. The standard InChI is InChI=1S/C45H60N4/c1-10-19-20-21-22-28-23-24-35-43-34(16-7)33(15-6)39(48-43)26-38-30(12-3)29(11-2)36(46-38)25-37-31(13-4)32(14-5)40(47-37)27-41-45(17-8,18-9)42(28)44(35)49-41/h23-27,46-47H,10-22H2,1-9H3. The summed E-state index contributed by atoms with van der Waals surface area (Å²) in [6.07, 6.45) is 14.1. The highest BCUT2D eigenvalue weighted by atomic mass is 14.8. The van der Waals surface area contributed by atoms with E-state index in [1.165, 1.54) is 109 Å². The molecule has 8 bridgehead atoms. The number of hydrogen-bond acceptors (Lipinski definition) is 2. The second-order valence-corrected chi connectivity index (χ2v) is 14.3. The summed E-state index contributed by atoms with van der Waals surface area (Å²) >= 11 is 0. The number of benzene rings is 1. The van der Waals surface area contributed by atoms with Crippen LogP contribution in [0.5, 0.6) is 0 Å². The first-order chi connectivity index (χ1) is 23.9. The van der Waals surface area contributed by atoms with Crippen LogP contribution in [0.1, 0.15) is 164 Å². The Balaban J connectivity index is 1.85. The van der Waals surface area contributed by atoms with Crippen molar-refractivity contribution in [2.24, 2.45) is 0 Å². The summed E-state index contributed by atoms with van der Waals surface area (Å²) in [5, 5.41) is 1.21. The molecule has 260 valence electrons. The van der Waals surface area contributed by atoms with E-state index in [1.54, 1.807) is 0 Å². The lowest BCUT2D eigenvalue weighted by Gasteiger charge is -2.30. The first-order valence-corrected chi connectivity index (χ1v) is 19.8. The van der Waals surface area contributed by atoms with Crippen molar-refractivity contribution in [2.75, 3.05) is 0 Å². The molecule has 4 nitrogen and oxygen atoms in total. The minimum absolute atomic E-state index is 0.132. The van der Waals surface area contributed by atoms with Gasteiger partial charge in [-0.15, -0.1) is 0 Å². The topological polar surface area (TPSA) is 57.4 Å². The van der Waals surface area contributed by atoms with Crippen molar-refractivity contribution in [3.8, 4) is 0 Å². The number of nitrogens with one attached hydrogen (secondary N) is 2. The van der Waals surface area contributed by atoms with Crippen LogP contribution in [0.2, 0.25) is 0 Å². The lowest BCUT2D eigenvalue weighted by atomic mass is 9.71. The van der Waals surface area contributed by atoms with Gasteiger partial charge in [0.25, 0.3) is 0 Å². The molecule has 0 unspecified atom stereocenters. The zero-order chi connectivity index (χ0) is 34.9. The summed E-state index contributed by atoms with van der Waals surface area (Å²) in [5.41, 5.74) is 20.8. The van der Waals surface area contributed by atoms with Crippen molar-refractivity contribution in [3.05, 3.63) is 80.8 Å². The van der Waals surface area contributed by atoms with Gasteiger partial charge >= 0.3 is 0 Å². The van der Waals surface area contributed by atoms with E-state index in [2.05, 4.69) is 103 Å². The fourth-order valence-electron chi connectivity index (χ4n) is 9.36. The van der Waals surface area contributed by atoms with Crippen LogP contribution >= 0.6 is 0 Å². The average molecular weight is 657 g/mol. The van der Waals surface area contributed by atoms with Crippen molar-refractivity contribution in [3.63, 3.8) is 0 Å². The molecule has 0 radical (unpaired) electrons. The zero-order valence-corrected chi connectivity index (χ0v) is 32.0. The van der Waals surface area contributed by atoms with Crippen molar-refractivity contribution >= 4 is 44.1 Å². The molecule has 0 amide bonds. The van der Waals surface area contributed by atoms with Gasteiger partial charge in [-0.05, 0) is 127 Å². The molecule has 0 spiro atoms. The summed E-state index contributed by atoms with van der Waals surface area (Å²) in [5.74, 6) is 0. The van der Waals surface area contributed by atoms with Crippen molar-refractivity contribution < 1.29 is 0 Å². The molecule has 5 heterocycles. The van der Waals surface area contributed by atoms with Gasteiger partial charge in [-0.3, -0.25) is 4.98 Å².